The molecule has 0 aromatic heterocycles. The van der Waals surface area contributed by atoms with Crippen LogP contribution in [0.2, 0.25) is 5.02 Å². The van der Waals surface area contributed by atoms with Crippen molar-refractivity contribution in [2.75, 3.05) is 13.2 Å². The normalized spacial score (nSPS) is 38.6. The molecule has 14 nitrogen and oxygen atoms in total. The van der Waals surface area contributed by atoms with E-state index >= 15 is 0 Å². The van der Waals surface area contributed by atoms with Gasteiger partial charge in [-0.1, -0.05) is 17.7 Å². The molecule has 10 unspecified atom stereocenters. The summed E-state index contributed by atoms with van der Waals surface area (Å²) in [6.45, 7) is -1.71. The number of nitro benzene ring substituents is 1. The molecule has 2 saturated heterocycles. The molecule has 0 radical (unpaired) electrons. The van der Waals surface area contributed by atoms with Gasteiger partial charge in [0.15, 0.2) is 12.6 Å². The highest BCUT2D eigenvalue weighted by Crippen LogP contribution is 2.30. The van der Waals surface area contributed by atoms with E-state index in [0.717, 1.165) is 0 Å². The SMILES string of the molecule is O=[N+]([O-])c1cc(COC2OC(CO)C(OC3OC(CO)C(O)C(O)C3O)C(O)C2O)ccc1Cl. The lowest BCUT2D eigenvalue weighted by atomic mass is 9.97. The third kappa shape index (κ3) is 5.64. The van der Waals surface area contributed by atoms with Gasteiger partial charge in [0.2, 0.25) is 0 Å². The predicted octanol–water partition coefficient (Wildman–Crippen LogP) is -2.61. The first-order valence-electron chi connectivity index (χ1n) is 10.2. The van der Waals surface area contributed by atoms with E-state index in [1.165, 1.54) is 18.2 Å². The first-order valence-corrected chi connectivity index (χ1v) is 10.6. The maximum atomic E-state index is 11.0. The van der Waals surface area contributed by atoms with Crippen LogP contribution in [-0.2, 0) is 25.6 Å². The number of hydrogen-bond donors (Lipinski definition) is 7. The van der Waals surface area contributed by atoms with E-state index < -0.39 is 79.5 Å². The summed E-state index contributed by atoms with van der Waals surface area (Å²) in [5.41, 5.74) is -0.0317. The molecule has 0 amide bonds. The average Bonchev–Trinajstić information content (AvgIpc) is 2.82. The Labute approximate surface area is 197 Å². The van der Waals surface area contributed by atoms with Gasteiger partial charge in [-0.05, 0) is 11.6 Å². The highest BCUT2D eigenvalue weighted by atomic mass is 35.5. The fourth-order valence-corrected chi connectivity index (χ4v) is 3.85. The van der Waals surface area contributed by atoms with Crippen LogP contribution in [0.1, 0.15) is 5.56 Å². The minimum Gasteiger partial charge on any atom is -0.394 e. The number of benzene rings is 1. The standard InChI is InChI=1S/C19H26ClNO13/c20-8-2-1-7(3-9(8)21(29)30)6-31-18-16(28)14(26)17(11(5-23)33-18)34-19-15(27)13(25)12(24)10(4-22)32-19/h1-3,10-19,22-28H,4-6H2. The summed E-state index contributed by atoms with van der Waals surface area (Å²) in [4.78, 5) is 10.4. The van der Waals surface area contributed by atoms with E-state index in [-0.39, 0.29) is 17.3 Å². The molecule has 0 aliphatic carbocycles. The molecule has 10 atom stereocenters. The Morgan fingerprint density at radius 2 is 1.53 bits per heavy atom. The van der Waals surface area contributed by atoms with Crippen LogP contribution in [0.25, 0.3) is 0 Å². The quantitative estimate of drug-likeness (QED) is 0.140. The molecule has 1 aromatic carbocycles. The molecule has 0 saturated carbocycles. The summed E-state index contributed by atoms with van der Waals surface area (Å²) in [6.07, 6.45) is -15.8. The van der Waals surface area contributed by atoms with Crippen molar-refractivity contribution in [1.82, 2.24) is 0 Å². The second-order valence-corrected chi connectivity index (χ2v) is 8.27. The average molecular weight is 512 g/mol. The molecular formula is C19H26ClNO13. The van der Waals surface area contributed by atoms with E-state index in [9.17, 15) is 45.9 Å². The topological polar surface area (TPSA) is 222 Å². The van der Waals surface area contributed by atoms with E-state index in [1.54, 1.807) is 0 Å². The zero-order valence-electron chi connectivity index (χ0n) is 17.5. The number of hydrogen-bond acceptors (Lipinski definition) is 13. The molecule has 2 heterocycles. The van der Waals surface area contributed by atoms with Gasteiger partial charge in [0.05, 0.1) is 24.7 Å². The number of aliphatic hydroxyl groups is 7. The van der Waals surface area contributed by atoms with Crippen molar-refractivity contribution in [3.8, 4) is 0 Å². The summed E-state index contributed by atoms with van der Waals surface area (Å²) in [5.74, 6) is 0. The Balaban J connectivity index is 1.67. The van der Waals surface area contributed by atoms with E-state index in [4.69, 9.17) is 30.5 Å². The molecule has 2 aliphatic heterocycles. The fraction of sp³-hybridized carbons (Fsp3) is 0.684. The highest BCUT2D eigenvalue weighted by Gasteiger charge is 2.50. The minimum atomic E-state index is -1.78. The molecule has 2 fully saturated rings. The molecular weight excluding hydrogens is 486 g/mol. The van der Waals surface area contributed by atoms with Crippen LogP contribution in [0.4, 0.5) is 5.69 Å². The molecule has 1 aromatic rings. The van der Waals surface area contributed by atoms with Crippen LogP contribution >= 0.6 is 11.6 Å². The summed E-state index contributed by atoms with van der Waals surface area (Å²) < 4.78 is 21.6. The molecule has 7 N–H and O–H groups in total. The Hall–Kier alpha value is -1.53. The lowest BCUT2D eigenvalue weighted by Crippen LogP contribution is -2.64. The van der Waals surface area contributed by atoms with E-state index in [0.29, 0.717) is 5.56 Å². The van der Waals surface area contributed by atoms with Crippen molar-refractivity contribution in [3.63, 3.8) is 0 Å². The largest absolute Gasteiger partial charge is 0.394 e. The molecule has 0 bridgehead atoms. The molecule has 34 heavy (non-hydrogen) atoms. The van der Waals surface area contributed by atoms with Crippen LogP contribution < -0.4 is 0 Å². The number of halogens is 1. The maximum absolute atomic E-state index is 11.0. The number of rotatable bonds is 8. The Morgan fingerprint density at radius 3 is 2.15 bits per heavy atom. The van der Waals surface area contributed by atoms with Crippen molar-refractivity contribution in [3.05, 3.63) is 38.9 Å². The van der Waals surface area contributed by atoms with Gasteiger partial charge >= 0.3 is 0 Å². The smallest absolute Gasteiger partial charge is 0.288 e. The Morgan fingerprint density at radius 1 is 0.912 bits per heavy atom. The summed E-state index contributed by atoms with van der Waals surface area (Å²) >= 11 is 5.77. The third-order valence-corrected chi connectivity index (χ3v) is 5.90. The van der Waals surface area contributed by atoms with Gasteiger partial charge in [-0.15, -0.1) is 0 Å². The first-order chi connectivity index (χ1) is 16.1. The van der Waals surface area contributed by atoms with Crippen LogP contribution in [0.3, 0.4) is 0 Å². The summed E-state index contributed by atoms with van der Waals surface area (Å²) in [5, 5.41) is 80.8. The van der Waals surface area contributed by atoms with Crippen LogP contribution in [-0.4, -0.2) is 115 Å². The predicted molar refractivity (Wildman–Crippen MR) is 109 cm³/mol. The zero-order chi connectivity index (χ0) is 25.2. The van der Waals surface area contributed by atoms with E-state index in [2.05, 4.69) is 0 Å². The van der Waals surface area contributed by atoms with Crippen LogP contribution in [0.15, 0.2) is 18.2 Å². The van der Waals surface area contributed by atoms with Gasteiger partial charge in [0.25, 0.3) is 5.69 Å². The van der Waals surface area contributed by atoms with Crippen molar-refractivity contribution in [2.45, 2.75) is 68.0 Å². The van der Waals surface area contributed by atoms with Gasteiger partial charge in [-0.2, -0.15) is 0 Å². The van der Waals surface area contributed by atoms with Gasteiger partial charge in [0, 0.05) is 6.07 Å². The monoisotopic (exact) mass is 511 g/mol. The molecule has 2 aliphatic rings. The third-order valence-electron chi connectivity index (χ3n) is 5.58. The number of nitro groups is 1. The summed E-state index contributed by atoms with van der Waals surface area (Å²) in [6, 6.07) is 3.92. The van der Waals surface area contributed by atoms with Crippen LogP contribution in [0, 0.1) is 10.1 Å². The van der Waals surface area contributed by atoms with Crippen molar-refractivity contribution >= 4 is 17.3 Å². The number of nitrogens with zero attached hydrogens (tertiary/aromatic N) is 1. The Kier molecular flexibility index (Phi) is 9.13. The van der Waals surface area contributed by atoms with Gasteiger partial charge in [0.1, 0.15) is 53.9 Å². The van der Waals surface area contributed by atoms with Crippen LogP contribution in [0.5, 0.6) is 0 Å². The molecule has 3 rings (SSSR count). The first kappa shape index (κ1) is 27.1. The lowest BCUT2D eigenvalue weighted by molar-refractivity contribution is -0.384. The molecule has 192 valence electrons. The minimum absolute atomic E-state index is 0.0772. The van der Waals surface area contributed by atoms with Gasteiger partial charge in [-0.3, -0.25) is 10.1 Å². The van der Waals surface area contributed by atoms with Gasteiger partial charge in [-0.25, -0.2) is 0 Å². The molecule has 0 spiro atoms. The highest BCUT2D eigenvalue weighted by molar-refractivity contribution is 6.32. The molecule has 15 heteroatoms. The number of ether oxygens (including phenoxy) is 4. The maximum Gasteiger partial charge on any atom is 0.288 e. The second kappa shape index (κ2) is 11.5. The fourth-order valence-electron chi connectivity index (χ4n) is 3.66. The Bertz CT molecular complexity index is 842. The number of aliphatic hydroxyl groups excluding tert-OH is 7. The van der Waals surface area contributed by atoms with Crippen molar-refractivity contribution < 1.29 is 59.6 Å². The van der Waals surface area contributed by atoms with Crippen molar-refractivity contribution in [2.24, 2.45) is 0 Å². The van der Waals surface area contributed by atoms with E-state index in [1.807, 2.05) is 0 Å². The summed E-state index contributed by atoms with van der Waals surface area (Å²) in [7, 11) is 0. The van der Waals surface area contributed by atoms with Crippen molar-refractivity contribution in [1.29, 1.82) is 0 Å². The lowest BCUT2D eigenvalue weighted by Gasteiger charge is -2.45. The zero-order valence-corrected chi connectivity index (χ0v) is 18.3. The second-order valence-electron chi connectivity index (χ2n) is 7.86. The van der Waals surface area contributed by atoms with Gasteiger partial charge < -0.3 is 54.7 Å².